The fourth-order valence-electron chi connectivity index (χ4n) is 5.13. The standard InChI is InChI=1S/C27H37ClN6O5/c1-27(2,38-3)15-34(26(37)23-22(24(29)35)30-16-31-23)18-6-4-17(5-7-18)25(36)32-21-14-19(8-9-20(21)28)33-10-12-39-13-11-33/h8-9,14,16-18H,4-7,10-13,15H2,1-3H3,(H2,29,35)(H,30,31)(H,32,36)/t17-,18-. The molecule has 1 aromatic heterocycles. The van der Waals surface area contributed by atoms with Gasteiger partial charge < -0.3 is 35.3 Å². The molecule has 4 N–H and O–H groups in total. The normalized spacial score (nSPS) is 19.9. The number of amides is 3. The van der Waals surface area contributed by atoms with Crippen LogP contribution in [0.4, 0.5) is 11.4 Å². The van der Waals surface area contributed by atoms with Gasteiger partial charge >= 0.3 is 0 Å². The van der Waals surface area contributed by atoms with Crippen molar-refractivity contribution in [3.63, 3.8) is 0 Å². The van der Waals surface area contributed by atoms with Crippen molar-refractivity contribution in [1.82, 2.24) is 14.9 Å². The van der Waals surface area contributed by atoms with Gasteiger partial charge in [-0.25, -0.2) is 4.98 Å². The number of benzene rings is 1. The Balaban J connectivity index is 1.43. The van der Waals surface area contributed by atoms with Gasteiger partial charge in [0.2, 0.25) is 5.91 Å². The van der Waals surface area contributed by atoms with Gasteiger partial charge in [0.25, 0.3) is 11.8 Å². The predicted molar refractivity (Wildman–Crippen MR) is 148 cm³/mol. The molecular weight excluding hydrogens is 524 g/mol. The lowest BCUT2D eigenvalue weighted by Gasteiger charge is -2.40. The van der Waals surface area contributed by atoms with Gasteiger partial charge in [0.15, 0.2) is 5.69 Å². The molecule has 39 heavy (non-hydrogen) atoms. The fourth-order valence-corrected chi connectivity index (χ4v) is 5.30. The van der Waals surface area contributed by atoms with Crippen molar-refractivity contribution in [2.45, 2.75) is 51.2 Å². The number of hydrogen-bond acceptors (Lipinski definition) is 7. The van der Waals surface area contributed by atoms with Crippen molar-refractivity contribution in [2.24, 2.45) is 11.7 Å². The van der Waals surface area contributed by atoms with E-state index in [2.05, 4.69) is 20.2 Å². The SMILES string of the molecule is COC(C)(C)CN(C(=O)c1nc[nH]c1C(N)=O)[C@H]1CC[C@H](C(=O)Nc2cc(N3CCOCC3)ccc2Cl)CC1. The molecule has 3 amide bonds. The molecule has 4 rings (SSSR count). The summed E-state index contributed by atoms with van der Waals surface area (Å²) in [6.45, 7) is 6.97. The number of ether oxygens (including phenoxy) is 2. The van der Waals surface area contributed by atoms with Gasteiger partial charge in [-0.05, 0) is 57.7 Å². The first-order valence-corrected chi connectivity index (χ1v) is 13.6. The van der Waals surface area contributed by atoms with E-state index in [-0.39, 0.29) is 29.3 Å². The van der Waals surface area contributed by atoms with Crippen LogP contribution in [0.5, 0.6) is 0 Å². The fraction of sp³-hybridized carbons (Fsp3) is 0.556. The molecule has 212 valence electrons. The largest absolute Gasteiger partial charge is 0.378 e. The van der Waals surface area contributed by atoms with Crippen molar-refractivity contribution in [2.75, 3.05) is 50.2 Å². The quantitative estimate of drug-likeness (QED) is 0.427. The number of rotatable bonds is 9. The summed E-state index contributed by atoms with van der Waals surface area (Å²) >= 11 is 6.42. The van der Waals surface area contributed by atoms with Crippen LogP contribution in [0.1, 0.15) is 60.5 Å². The number of anilines is 2. The second-order valence-corrected chi connectivity index (χ2v) is 11.1. The highest BCUT2D eigenvalue weighted by atomic mass is 35.5. The highest BCUT2D eigenvalue weighted by molar-refractivity contribution is 6.33. The smallest absolute Gasteiger partial charge is 0.275 e. The lowest BCUT2D eigenvalue weighted by atomic mass is 9.84. The maximum atomic E-state index is 13.6. The molecule has 2 aromatic rings. The van der Waals surface area contributed by atoms with E-state index >= 15 is 0 Å². The van der Waals surface area contributed by atoms with Crippen LogP contribution in [0.3, 0.4) is 0 Å². The molecule has 1 aliphatic carbocycles. The van der Waals surface area contributed by atoms with Crippen LogP contribution in [-0.2, 0) is 14.3 Å². The molecule has 2 heterocycles. The van der Waals surface area contributed by atoms with E-state index < -0.39 is 17.4 Å². The average molecular weight is 561 g/mol. The summed E-state index contributed by atoms with van der Waals surface area (Å²) < 4.78 is 11.0. The number of nitrogens with two attached hydrogens (primary N) is 1. The molecule has 2 aliphatic rings. The maximum Gasteiger partial charge on any atom is 0.275 e. The lowest BCUT2D eigenvalue weighted by molar-refractivity contribution is -0.121. The van der Waals surface area contributed by atoms with Crippen LogP contribution in [0.25, 0.3) is 0 Å². The number of aromatic nitrogens is 2. The van der Waals surface area contributed by atoms with Gasteiger partial charge in [0, 0.05) is 44.4 Å². The van der Waals surface area contributed by atoms with E-state index in [9.17, 15) is 14.4 Å². The molecule has 0 atom stereocenters. The summed E-state index contributed by atoms with van der Waals surface area (Å²) in [5.41, 5.74) is 6.35. The van der Waals surface area contributed by atoms with Crippen molar-refractivity contribution >= 4 is 40.7 Å². The minimum absolute atomic E-state index is 0.0101. The molecule has 1 saturated carbocycles. The zero-order valence-electron chi connectivity index (χ0n) is 22.7. The summed E-state index contributed by atoms with van der Waals surface area (Å²) in [5.74, 6) is -1.45. The van der Waals surface area contributed by atoms with E-state index in [1.165, 1.54) is 6.33 Å². The van der Waals surface area contributed by atoms with Crippen molar-refractivity contribution in [3.05, 3.63) is 40.9 Å². The van der Waals surface area contributed by atoms with Crippen LogP contribution in [-0.4, -0.2) is 84.2 Å². The Morgan fingerprint density at radius 3 is 2.56 bits per heavy atom. The number of carbonyl (C=O) groups is 3. The number of morpholine rings is 1. The third-order valence-corrected chi connectivity index (χ3v) is 7.87. The number of carbonyl (C=O) groups excluding carboxylic acids is 3. The lowest BCUT2D eigenvalue weighted by Crippen LogP contribution is -2.50. The number of hydrogen-bond donors (Lipinski definition) is 3. The van der Waals surface area contributed by atoms with Crippen LogP contribution in [0.2, 0.25) is 5.02 Å². The number of imidazole rings is 1. The third-order valence-electron chi connectivity index (χ3n) is 7.55. The van der Waals surface area contributed by atoms with Gasteiger partial charge in [0.1, 0.15) is 5.69 Å². The van der Waals surface area contributed by atoms with Gasteiger partial charge in [-0.3, -0.25) is 14.4 Å². The number of aromatic amines is 1. The molecule has 0 unspecified atom stereocenters. The molecule has 12 heteroatoms. The number of primary amides is 1. The van der Waals surface area contributed by atoms with E-state index in [0.717, 1.165) is 18.8 Å². The zero-order valence-corrected chi connectivity index (χ0v) is 23.4. The van der Waals surface area contributed by atoms with Crippen LogP contribution in [0, 0.1) is 5.92 Å². The first-order chi connectivity index (χ1) is 18.6. The molecule has 1 aromatic carbocycles. The van der Waals surface area contributed by atoms with Crippen molar-refractivity contribution < 1.29 is 23.9 Å². The number of H-pyrrole nitrogens is 1. The topological polar surface area (TPSA) is 143 Å². The van der Waals surface area contributed by atoms with Crippen molar-refractivity contribution in [3.8, 4) is 0 Å². The van der Waals surface area contributed by atoms with Crippen LogP contribution in [0.15, 0.2) is 24.5 Å². The minimum atomic E-state index is -0.751. The summed E-state index contributed by atoms with van der Waals surface area (Å²) in [6, 6.07) is 5.51. The number of nitrogens with one attached hydrogen (secondary N) is 2. The van der Waals surface area contributed by atoms with E-state index in [1.807, 2.05) is 26.0 Å². The molecule has 1 aliphatic heterocycles. The summed E-state index contributed by atoms with van der Waals surface area (Å²) in [5, 5.41) is 3.50. The summed E-state index contributed by atoms with van der Waals surface area (Å²) in [7, 11) is 1.59. The van der Waals surface area contributed by atoms with Crippen LogP contribution >= 0.6 is 11.6 Å². The number of halogens is 1. The number of methoxy groups -OCH3 is 1. The Labute approximate surface area is 233 Å². The second kappa shape index (κ2) is 12.4. The Kier molecular flexibility index (Phi) is 9.14. The van der Waals surface area contributed by atoms with Gasteiger partial charge in [-0.2, -0.15) is 0 Å². The highest BCUT2D eigenvalue weighted by Crippen LogP contribution is 2.33. The highest BCUT2D eigenvalue weighted by Gasteiger charge is 2.37. The van der Waals surface area contributed by atoms with Crippen LogP contribution < -0.4 is 16.0 Å². The van der Waals surface area contributed by atoms with Gasteiger partial charge in [0.05, 0.1) is 35.9 Å². The molecule has 11 nitrogen and oxygen atoms in total. The Bertz CT molecular complexity index is 1190. The predicted octanol–water partition coefficient (Wildman–Crippen LogP) is 3.06. The van der Waals surface area contributed by atoms with E-state index in [1.54, 1.807) is 18.1 Å². The average Bonchev–Trinajstić information content (AvgIpc) is 3.44. The molecule has 1 saturated heterocycles. The third kappa shape index (κ3) is 6.90. The van der Waals surface area contributed by atoms with Gasteiger partial charge in [-0.15, -0.1) is 0 Å². The Morgan fingerprint density at radius 1 is 1.23 bits per heavy atom. The second-order valence-electron chi connectivity index (χ2n) is 10.6. The minimum Gasteiger partial charge on any atom is -0.378 e. The van der Waals surface area contributed by atoms with Crippen molar-refractivity contribution in [1.29, 1.82) is 0 Å². The summed E-state index contributed by atoms with van der Waals surface area (Å²) in [6.07, 6.45) is 3.70. The first-order valence-electron chi connectivity index (χ1n) is 13.2. The first kappa shape index (κ1) is 28.8. The van der Waals surface area contributed by atoms with Gasteiger partial charge in [-0.1, -0.05) is 11.6 Å². The number of nitrogens with zero attached hydrogens (tertiary/aromatic N) is 3. The Hall–Kier alpha value is -3.15. The molecule has 0 radical (unpaired) electrons. The summed E-state index contributed by atoms with van der Waals surface area (Å²) in [4.78, 5) is 49.2. The monoisotopic (exact) mass is 560 g/mol. The molecule has 2 fully saturated rings. The van der Waals surface area contributed by atoms with E-state index in [0.29, 0.717) is 56.2 Å². The molecular formula is C27H37ClN6O5. The maximum absolute atomic E-state index is 13.6. The Morgan fingerprint density at radius 2 is 1.92 bits per heavy atom. The van der Waals surface area contributed by atoms with E-state index in [4.69, 9.17) is 26.8 Å². The molecule has 0 spiro atoms. The zero-order chi connectivity index (χ0) is 28.2. The molecule has 0 bridgehead atoms.